The molecule has 0 fully saturated rings. The SMILES string of the molecule is Cc1cnn(C)c1C(O)CC(=O)O. The number of rotatable bonds is 3. The Kier molecular flexibility index (Phi) is 2.67. The number of carboxylic acid groups (broad SMARTS) is 1. The zero-order valence-electron chi connectivity index (χ0n) is 7.56. The van der Waals surface area contributed by atoms with Gasteiger partial charge in [0.2, 0.25) is 0 Å². The number of nitrogens with zero attached hydrogens (tertiary/aromatic N) is 2. The van der Waals surface area contributed by atoms with Gasteiger partial charge in [-0.25, -0.2) is 0 Å². The highest BCUT2D eigenvalue weighted by Crippen LogP contribution is 2.19. The maximum absolute atomic E-state index is 10.3. The summed E-state index contributed by atoms with van der Waals surface area (Å²) >= 11 is 0. The van der Waals surface area contributed by atoms with Crippen LogP contribution in [0.15, 0.2) is 6.20 Å². The fourth-order valence-electron chi connectivity index (χ4n) is 1.30. The van der Waals surface area contributed by atoms with Gasteiger partial charge >= 0.3 is 5.97 Å². The molecule has 5 nitrogen and oxygen atoms in total. The molecule has 1 atom stereocenters. The summed E-state index contributed by atoms with van der Waals surface area (Å²) in [7, 11) is 1.67. The molecule has 72 valence electrons. The lowest BCUT2D eigenvalue weighted by atomic mass is 10.1. The van der Waals surface area contributed by atoms with Gasteiger partial charge in [-0.2, -0.15) is 5.10 Å². The first-order chi connectivity index (χ1) is 6.02. The number of hydrogen-bond donors (Lipinski definition) is 2. The molecule has 1 unspecified atom stereocenters. The molecule has 1 heterocycles. The summed E-state index contributed by atoms with van der Waals surface area (Å²) in [5.74, 6) is -1.02. The van der Waals surface area contributed by atoms with E-state index in [1.807, 2.05) is 0 Å². The molecule has 0 bridgehead atoms. The monoisotopic (exact) mass is 184 g/mol. The van der Waals surface area contributed by atoms with Gasteiger partial charge in [0.15, 0.2) is 0 Å². The average molecular weight is 184 g/mol. The van der Waals surface area contributed by atoms with Crippen LogP contribution in [0.2, 0.25) is 0 Å². The molecule has 0 aromatic carbocycles. The molecule has 5 heteroatoms. The van der Waals surface area contributed by atoms with E-state index < -0.39 is 12.1 Å². The van der Waals surface area contributed by atoms with Crippen molar-refractivity contribution < 1.29 is 15.0 Å². The highest BCUT2D eigenvalue weighted by Gasteiger charge is 2.17. The van der Waals surface area contributed by atoms with E-state index in [0.29, 0.717) is 5.69 Å². The third-order valence-electron chi connectivity index (χ3n) is 1.86. The second kappa shape index (κ2) is 3.57. The fourth-order valence-corrected chi connectivity index (χ4v) is 1.30. The van der Waals surface area contributed by atoms with E-state index in [1.54, 1.807) is 20.2 Å². The summed E-state index contributed by atoms with van der Waals surface area (Å²) in [5.41, 5.74) is 1.36. The van der Waals surface area contributed by atoms with Gasteiger partial charge in [0.05, 0.1) is 18.3 Å². The standard InChI is InChI=1S/C8H12N2O3/c1-5-4-9-10(2)8(5)6(11)3-7(12)13/h4,6,11H,3H2,1-2H3,(H,12,13). The Morgan fingerprint density at radius 3 is 2.77 bits per heavy atom. The van der Waals surface area contributed by atoms with Crippen LogP contribution in [-0.2, 0) is 11.8 Å². The summed E-state index contributed by atoms with van der Waals surface area (Å²) in [6.07, 6.45) is 0.325. The molecular weight excluding hydrogens is 172 g/mol. The zero-order chi connectivity index (χ0) is 10.0. The van der Waals surface area contributed by atoms with E-state index in [2.05, 4.69) is 5.10 Å². The van der Waals surface area contributed by atoms with Crippen LogP contribution in [-0.4, -0.2) is 26.0 Å². The van der Waals surface area contributed by atoms with E-state index in [9.17, 15) is 9.90 Å². The minimum absolute atomic E-state index is 0.291. The number of hydrogen-bond acceptors (Lipinski definition) is 3. The van der Waals surface area contributed by atoms with Crippen molar-refractivity contribution >= 4 is 5.97 Å². The number of aromatic nitrogens is 2. The van der Waals surface area contributed by atoms with Gasteiger partial charge in [-0.05, 0) is 12.5 Å². The van der Waals surface area contributed by atoms with Gasteiger partial charge in [0.1, 0.15) is 6.10 Å². The van der Waals surface area contributed by atoms with Crippen LogP contribution in [0.1, 0.15) is 23.8 Å². The lowest BCUT2D eigenvalue weighted by molar-refractivity contribution is -0.139. The van der Waals surface area contributed by atoms with Crippen molar-refractivity contribution in [2.75, 3.05) is 0 Å². The summed E-state index contributed by atoms with van der Waals surface area (Å²) < 4.78 is 1.49. The summed E-state index contributed by atoms with van der Waals surface area (Å²) in [4.78, 5) is 10.3. The lowest BCUT2D eigenvalue weighted by Gasteiger charge is -2.09. The molecule has 0 aliphatic carbocycles. The van der Waals surface area contributed by atoms with Crippen molar-refractivity contribution in [2.45, 2.75) is 19.4 Å². The maximum atomic E-state index is 10.3. The quantitative estimate of drug-likeness (QED) is 0.705. The van der Waals surface area contributed by atoms with Crippen LogP contribution in [0, 0.1) is 6.92 Å². The minimum Gasteiger partial charge on any atom is -0.481 e. The van der Waals surface area contributed by atoms with Gasteiger partial charge in [-0.1, -0.05) is 0 Å². The summed E-state index contributed by atoms with van der Waals surface area (Å²) in [6.45, 7) is 1.79. The Bertz CT molecular complexity index is 300. The highest BCUT2D eigenvalue weighted by molar-refractivity contribution is 5.67. The first kappa shape index (κ1) is 9.73. The Hall–Kier alpha value is -1.36. The maximum Gasteiger partial charge on any atom is 0.306 e. The number of aliphatic hydroxyl groups excluding tert-OH is 1. The molecule has 13 heavy (non-hydrogen) atoms. The van der Waals surface area contributed by atoms with Gasteiger partial charge in [-0.3, -0.25) is 9.48 Å². The number of aryl methyl sites for hydroxylation is 2. The van der Waals surface area contributed by atoms with Gasteiger partial charge in [0, 0.05) is 7.05 Å². The van der Waals surface area contributed by atoms with Crippen LogP contribution >= 0.6 is 0 Å². The number of carboxylic acids is 1. The number of aliphatic carboxylic acids is 1. The van der Waals surface area contributed by atoms with Crippen molar-refractivity contribution in [3.05, 3.63) is 17.5 Å². The number of carbonyl (C=O) groups is 1. The van der Waals surface area contributed by atoms with Crippen molar-refractivity contribution in [1.29, 1.82) is 0 Å². The Labute approximate surface area is 75.6 Å². The molecule has 0 amide bonds. The molecule has 2 N–H and O–H groups in total. The van der Waals surface area contributed by atoms with E-state index in [-0.39, 0.29) is 6.42 Å². The largest absolute Gasteiger partial charge is 0.481 e. The van der Waals surface area contributed by atoms with Crippen molar-refractivity contribution in [3.8, 4) is 0 Å². The molecule has 0 spiro atoms. The lowest BCUT2D eigenvalue weighted by Crippen LogP contribution is -2.10. The predicted molar refractivity (Wildman–Crippen MR) is 45.2 cm³/mol. The second-order valence-corrected chi connectivity index (χ2v) is 2.95. The van der Waals surface area contributed by atoms with E-state index in [0.717, 1.165) is 5.56 Å². The van der Waals surface area contributed by atoms with Crippen molar-refractivity contribution in [1.82, 2.24) is 9.78 Å². The smallest absolute Gasteiger partial charge is 0.306 e. The van der Waals surface area contributed by atoms with Crippen LogP contribution in [0.4, 0.5) is 0 Å². The normalized spacial score (nSPS) is 12.8. The van der Waals surface area contributed by atoms with Gasteiger partial charge < -0.3 is 10.2 Å². The summed E-state index contributed by atoms with van der Waals surface area (Å²) in [5, 5.41) is 21.9. The predicted octanol–water partition coefficient (Wildman–Crippen LogP) is 0.237. The van der Waals surface area contributed by atoms with Crippen molar-refractivity contribution in [2.24, 2.45) is 7.05 Å². The molecule has 0 aliphatic rings. The first-order valence-corrected chi connectivity index (χ1v) is 3.90. The first-order valence-electron chi connectivity index (χ1n) is 3.90. The topological polar surface area (TPSA) is 75.3 Å². The number of aliphatic hydroxyl groups is 1. The van der Waals surface area contributed by atoms with Gasteiger partial charge in [0.25, 0.3) is 0 Å². The Morgan fingerprint density at radius 2 is 2.38 bits per heavy atom. The summed E-state index contributed by atoms with van der Waals surface area (Å²) in [6, 6.07) is 0. The second-order valence-electron chi connectivity index (χ2n) is 2.95. The minimum atomic E-state index is -1.02. The zero-order valence-corrected chi connectivity index (χ0v) is 7.56. The molecule has 1 aromatic heterocycles. The Balaban J connectivity index is 2.87. The fraction of sp³-hybridized carbons (Fsp3) is 0.500. The van der Waals surface area contributed by atoms with Crippen LogP contribution in [0.25, 0.3) is 0 Å². The third kappa shape index (κ3) is 2.06. The third-order valence-corrected chi connectivity index (χ3v) is 1.86. The highest BCUT2D eigenvalue weighted by atomic mass is 16.4. The van der Waals surface area contributed by atoms with E-state index >= 15 is 0 Å². The molecule has 1 aromatic rings. The Morgan fingerprint density at radius 1 is 1.77 bits per heavy atom. The average Bonchev–Trinajstić information content (AvgIpc) is 2.29. The van der Waals surface area contributed by atoms with Gasteiger partial charge in [-0.15, -0.1) is 0 Å². The van der Waals surface area contributed by atoms with Crippen LogP contribution in [0.3, 0.4) is 0 Å². The van der Waals surface area contributed by atoms with Crippen molar-refractivity contribution in [3.63, 3.8) is 0 Å². The van der Waals surface area contributed by atoms with E-state index in [1.165, 1.54) is 4.68 Å². The van der Waals surface area contributed by atoms with E-state index in [4.69, 9.17) is 5.11 Å². The molecule has 0 aliphatic heterocycles. The van der Waals surface area contributed by atoms with Crippen LogP contribution < -0.4 is 0 Å². The molecular formula is C8H12N2O3. The van der Waals surface area contributed by atoms with Crippen LogP contribution in [0.5, 0.6) is 0 Å². The molecule has 0 radical (unpaired) electrons. The molecule has 0 saturated carbocycles. The molecule has 0 saturated heterocycles. The molecule has 1 rings (SSSR count).